The zero-order valence-corrected chi connectivity index (χ0v) is 14.9. The van der Waals surface area contributed by atoms with E-state index in [4.69, 9.17) is 14.2 Å². The van der Waals surface area contributed by atoms with Gasteiger partial charge in [0.2, 0.25) is 0 Å². The van der Waals surface area contributed by atoms with Crippen molar-refractivity contribution >= 4 is 12.1 Å². The SMILES string of the molecule is CCOC(=O)/C=C1\OCN(C(=O)OCc2ccccc2)[C@H]1C(C)CC. The Labute approximate surface area is 148 Å². The molecular formula is C19H25NO5. The molecule has 0 aromatic heterocycles. The summed E-state index contributed by atoms with van der Waals surface area (Å²) in [6.07, 6.45) is 1.70. The van der Waals surface area contributed by atoms with E-state index in [9.17, 15) is 9.59 Å². The fourth-order valence-corrected chi connectivity index (χ4v) is 2.67. The molecule has 0 bridgehead atoms. The smallest absolute Gasteiger partial charge is 0.413 e. The van der Waals surface area contributed by atoms with Crippen LogP contribution in [0.2, 0.25) is 0 Å². The first-order valence-corrected chi connectivity index (χ1v) is 8.55. The molecule has 0 aliphatic carbocycles. The van der Waals surface area contributed by atoms with Gasteiger partial charge in [-0.2, -0.15) is 0 Å². The van der Waals surface area contributed by atoms with Gasteiger partial charge in [-0.1, -0.05) is 50.6 Å². The van der Waals surface area contributed by atoms with Gasteiger partial charge in [0.25, 0.3) is 0 Å². The van der Waals surface area contributed by atoms with Crippen LogP contribution in [-0.4, -0.2) is 36.3 Å². The molecule has 1 aromatic carbocycles. The van der Waals surface area contributed by atoms with Gasteiger partial charge < -0.3 is 14.2 Å². The lowest BCUT2D eigenvalue weighted by atomic mass is 9.97. The normalized spacial score (nSPS) is 19.4. The number of hydrogen-bond acceptors (Lipinski definition) is 5. The molecule has 1 amide bonds. The van der Waals surface area contributed by atoms with Gasteiger partial charge in [0.15, 0.2) is 6.73 Å². The van der Waals surface area contributed by atoms with E-state index >= 15 is 0 Å². The van der Waals surface area contributed by atoms with Gasteiger partial charge in [0.1, 0.15) is 12.4 Å². The minimum absolute atomic E-state index is 0.0634. The van der Waals surface area contributed by atoms with Crippen molar-refractivity contribution < 1.29 is 23.8 Å². The van der Waals surface area contributed by atoms with E-state index in [-0.39, 0.29) is 25.3 Å². The predicted molar refractivity (Wildman–Crippen MR) is 92.4 cm³/mol. The van der Waals surface area contributed by atoms with Crippen LogP contribution < -0.4 is 0 Å². The van der Waals surface area contributed by atoms with Crippen LogP contribution in [0.4, 0.5) is 4.79 Å². The molecule has 2 rings (SSSR count). The van der Waals surface area contributed by atoms with E-state index in [1.165, 1.54) is 11.0 Å². The number of carbonyl (C=O) groups is 2. The molecule has 0 N–H and O–H groups in total. The second kappa shape index (κ2) is 9.11. The highest BCUT2D eigenvalue weighted by atomic mass is 16.6. The van der Waals surface area contributed by atoms with Crippen LogP contribution in [0.1, 0.15) is 32.8 Å². The Hall–Kier alpha value is -2.50. The molecule has 1 fully saturated rings. The molecule has 1 aliphatic rings. The monoisotopic (exact) mass is 347 g/mol. The summed E-state index contributed by atoms with van der Waals surface area (Å²) in [5.74, 6) is 0.0993. The molecule has 6 heteroatoms. The van der Waals surface area contributed by atoms with Crippen LogP contribution in [0.25, 0.3) is 0 Å². The summed E-state index contributed by atoms with van der Waals surface area (Å²) in [6.45, 7) is 6.33. The van der Waals surface area contributed by atoms with Crippen LogP contribution in [-0.2, 0) is 25.6 Å². The summed E-state index contributed by atoms with van der Waals surface area (Å²) >= 11 is 0. The van der Waals surface area contributed by atoms with Gasteiger partial charge in [0.05, 0.1) is 18.7 Å². The molecule has 2 atom stereocenters. The Bertz CT molecular complexity index is 614. The quantitative estimate of drug-likeness (QED) is 0.582. The fraction of sp³-hybridized carbons (Fsp3) is 0.474. The Morgan fingerprint density at radius 3 is 2.64 bits per heavy atom. The minimum atomic E-state index is -0.467. The van der Waals surface area contributed by atoms with Gasteiger partial charge in [-0.15, -0.1) is 0 Å². The second-order valence-electron chi connectivity index (χ2n) is 5.91. The maximum Gasteiger partial charge on any atom is 0.413 e. The van der Waals surface area contributed by atoms with Crippen molar-refractivity contribution in [2.45, 2.75) is 39.8 Å². The minimum Gasteiger partial charge on any atom is -0.475 e. The third kappa shape index (κ3) is 4.98. The molecular weight excluding hydrogens is 322 g/mol. The number of rotatable bonds is 6. The number of hydrogen-bond donors (Lipinski definition) is 0. The average molecular weight is 347 g/mol. The van der Waals surface area contributed by atoms with E-state index in [2.05, 4.69) is 0 Å². The van der Waals surface area contributed by atoms with Crippen LogP contribution >= 0.6 is 0 Å². The van der Waals surface area contributed by atoms with Crippen molar-refractivity contribution in [1.82, 2.24) is 4.90 Å². The van der Waals surface area contributed by atoms with Crippen LogP contribution in [0.5, 0.6) is 0 Å². The first-order chi connectivity index (χ1) is 12.1. The Morgan fingerprint density at radius 2 is 2.00 bits per heavy atom. The summed E-state index contributed by atoms with van der Waals surface area (Å²) in [5, 5.41) is 0. The van der Waals surface area contributed by atoms with Crippen molar-refractivity contribution in [3.05, 3.63) is 47.7 Å². The molecule has 0 saturated carbocycles. The molecule has 25 heavy (non-hydrogen) atoms. The molecule has 0 radical (unpaired) electrons. The summed E-state index contributed by atoms with van der Waals surface area (Å²) in [5.41, 5.74) is 0.915. The predicted octanol–water partition coefficient (Wildman–Crippen LogP) is 3.47. The average Bonchev–Trinajstić information content (AvgIpc) is 3.03. The van der Waals surface area contributed by atoms with Crippen molar-refractivity contribution in [2.75, 3.05) is 13.3 Å². The van der Waals surface area contributed by atoms with E-state index < -0.39 is 12.1 Å². The number of benzene rings is 1. The lowest BCUT2D eigenvalue weighted by molar-refractivity contribution is -0.137. The lowest BCUT2D eigenvalue weighted by Crippen LogP contribution is -2.40. The number of esters is 1. The van der Waals surface area contributed by atoms with Crippen molar-refractivity contribution in [3.63, 3.8) is 0 Å². The third-order valence-electron chi connectivity index (χ3n) is 4.17. The Morgan fingerprint density at radius 1 is 1.28 bits per heavy atom. The molecule has 0 spiro atoms. The summed E-state index contributed by atoms with van der Waals surface area (Å²) < 4.78 is 15.9. The fourth-order valence-electron chi connectivity index (χ4n) is 2.67. The first kappa shape index (κ1) is 18.8. The van der Waals surface area contributed by atoms with E-state index in [0.717, 1.165) is 12.0 Å². The van der Waals surface area contributed by atoms with Gasteiger partial charge >= 0.3 is 12.1 Å². The van der Waals surface area contributed by atoms with Crippen molar-refractivity contribution in [2.24, 2.45) is 5.92 Å². The topological polar surface area (TPSA) is 65.1 Å². The van der Waals surface area contributed by atoms with Gasteiger partial charge in [0, 0.05) is 0 Å². The van der Waals surface area contributed by atoms with E-state index in [1.807, 2.05) is 44.2 Å². The zero-order chi connectivity index (χ0) is 18.2. The third-order valence-corrected chi connectivity index (χ3v) is 4.17. The van der Waals surface area contributed by atoms with Crippen molar-refractivity contribution in [1.29, 1.82) is 0 Å². The number of carbonyl (C=O) groups excluding carboxylic acids is 2. The molecule has 1 unspecified atom stereocenters. The van der Waals surface area contributed by atoms with Gasteiger partial charge in [-0.3, -0.25) is 4.90 Å². The number of amides is 1. The molecule has 136 valence electrons. The Kier molecular flexibility index (Phi) is 6.86. The maximum absolute atomic E-state index is 12.5. The van der Waals surface area contributed by atoms with Crippen LogP contribution in [0, 0.1) is 5.92 Å². The van der Waals surface area contributed by atoms with Gasteiger partial charge in [-0.25, -0.2) is 9.59 Å². The highest BCUT2D eigenvalue weighted by molar-refractivity contribution is 5.83. The van der Waals surface area contributed by atoms with E-state index in [0.29, 0.717) is 12.4 Å². The zero-order valence-electron chi connectivity index (χ0n) is 14.9. The molecule has 1 aromatic rings. The van der Waals surface area contributed by atoms with E-state index in [1.54, 1.807) is 6.92 Å². The maximum atomic E-state index is 12.5. The summed E-state index contributed by atoms with van der Waals surface area (Å²) in [6, 6.07) is 9.15. The second-order valence-corrected chi connectivity index (χ2v) is 5.91. The molecule has 1 aliphatic heterocycles. The largest absolute Gasteiger partial charge is 0.475 e. The molecule has 1 saturated heterocycles. The number of ether oxygens (including phenoxy) is 3. The standard InChI is InChI=1S/C19H25NO5/c1-4-14(3)18-16(11-17(21)23-5-2)25-13-20(18)19(22)24-12-15-9-7-6-8-10-15/h6-11,14,18H,4-5,12-13H2,1-3H3/b16-11-/t14?,18-/m0/s1. The highest BCUT2D eigenvalue weighted by Gasteiger charge is 2.39. The Balaban J connectivity index is 2.07. The lowest BCUT2D eigenvalue weighted by Gasteiger charge is -2.25. The first-order valence-electron chi connectivity index (χ1n) is 8.55. The number of nitrogens with zero attached hydrogens (tertiary/aromatic N) is 1. The van der Waals surface area contributed by atoms with Crippen LogP contribution in [0.3, 0.4) is 0 Å². The van der Waals surface area contributed by atoms with Crippen LogP contribution in [0.15, 0.2) is 42.2 Å². The summed E-state index contributed by atoms with van der Waals surface area (Å²) in [4.78, 5) is 25.7. The van der Waals surface area contributed by atoms with Gasteiger partial charge in [-0.05, 0) is 18.4 Å². The summed E-state index contributed by atoms with van der Waals surface area (Å²) in [7, 11) is 0. The molecule has 1 heterocycles. The molecule has 6 nitrogen and oxygen atoms in total. The van der Waals surface area contributed by atoms with Crippen molar-refractivity contribution in [3.8, 4) is 0 Å². The highest BCUT2D eigenvalue weighted by Crippen LogP contribution is 2.29.